The van der Waals surface area contributed by atoms with Crippen LogP contribution >= 0.6 is 0 Å². The molecule has 0 spiro atoms. The van der Waals surface area contributed by atoms with E-state index in [9.17, 15) is 9.59 Å². The Bertz CT molecular complexity index is 929. The molecule has 8 heteroatoms. The van der Waals surface area contributed by atoms with Crippen molar-refractivity contribution in [1.82, 2.24) is 19.8 Å². The van der Waals surface area contributed by atoms with Crippen LogP contribution in [-0.2, 0) is 17.9 Å². The quantitative estimate of drug-likeness (QED) is 0.701. The number of benzene rings is 1. The molecule has 1 saturated carbocycles. The summed E-state index contributed by atoms with van der Waals surface area (Å²) in [6, 6.07) is 5.27. The van der Waals surface area contributed by atoms with Crippen molar-refractivity contribution in [1.29, 1.82) is 0 Å². The third kappa shape index (κ3) is 5.00. The van der Waals surface area contributed by atoms with Gasteiger partial charge in [0.1, 0.15) is 23.4 Å². The van der Waals surface area contributed by atoms with Crippen LogP contribution in [0.15, 0.2) is 30.6 Å². The van der Waals surface area contributed by atoms with E-state index in [-0.39, 0.29) is 23.8 Å². The fourth-order valence-corrected chi connectivity index (χ4v) is 3.93. The first kappa shape index (κ1) is 21.2. The number of aryl methyl sites for hydroxylation is 1. The zero-order chi connectivity index (χ0) is 21.8. The van der Waals surface area contributed by atoms with E-state index >= 15 is 0 Å². The molecule has 1 aliphatic heterocycles. The lowest BCUT2D eigenvalue weighted by Crippen LogP contribution is -2.42. The van der Waals surface area contributed by atoms with Gasteiger partial charge in [0.15, 0.2) is 0 Å². The SMILES string of the molecule is CCn1ccnc1CNC(=O)c1cc(OC)ccc1OC1CCN(C(=O)C2CC2)CC1. The van der Waals surface area contributed by atoms with Crippen LogP contribution in [0.2, 0.25) is 0 Å². The van der Waals surface area contributed by atoms with Crippen LogP contribution in [0.1, 0.15) is 48.8 Å². The molecule has 166 valence electrons. The summed E-state index contributed by atoms with van der Waals surface area (Å²) in [6.07, 6.45) is 7.17. The van der Waals surface area contributed by atoms with Gasteiger partial charge >= 0.3 is 0 Å². The van der Waals surface area contributed by atoms with Crippen LogP contribution < -0.4 is 14.8 Å². The highest BCUT2D eigenvalue weighted by Crippen LogP contribution is 2.33. The molecule has 0 unspecified atom stereocenters. The lowest BCUT2D eigenvalue weighted by molar-refractivity contribution is -0.134. The van der Waals surface area contributed by atoms with Crippen molar-refractivity contribution in [2.45, 2.75) is 51.8 Å². The molecular formula is C23H30N4O4. The van der Waals surface area contributed by atoms with Gasteiger partial charge in [-0.1, -0.05) is 0 Å². The number of piperidine rings is 1. The highest BCUT2D eigenvalue weighted by atomic mass is 16.5. The number of carbonyl (C=O) groups is 2. The summed E-state index contributed by atoms with van der Waals surface area (Å²) in [4.78, 5) is 31.5. The number of methoxy groups -OCH3 is 1. The van der Waals surface area contributed by atoms with Crippen molar-refractivity contribution in [3.05, 3.63) is 42.0 Å². The van der Waals surface area contributed by atoms with Gasteiger partial charge in [0.05, 0.1) is 19.2 Å². The van der Waals surface area contributed by atoms with Crippen molar-refractivity contribution >= 4 is 11.8 Å². The van der Waals surface area contributed by atoms with E-state index in [1.807, 2.05) is 22.6 Å². The molecule has 0 atom stereocenters. The molecule has 31 heavy (non-hydrogen) atoms. The molecule has 1 aliphatic carbocycles. The Labute approximate surface area is 182 Å². The summed E-state index contributed by atoms with van der Waals surface area (Å²) in [7, 11) is 1.57. The van der Waals surface area contributed by atoms with Gasteiger partial charge in [0.25, 0.3) is 5.91 Å². The van der Waals surface area contributed by atoms with Crippen molar-refractivity contribution in [2.24, 2.45) is 5.92 Å². The van der Waals surface area contributed by atoms with Gasteiger partial charge in [-0.2, -0.15) is 0 Å². The van der Waals surface area contributed by atoms with E-state index in [0.29, 0.717) is 36.7 Å². The van der Waals surface area contributed by atoms with E-state index in [4.69, 9.17) is 9.47 Å². The minimum absolute atomic E-state index is 0.0258. The summed E-state index contributed by atoms with van der Waals surface area (Å²) in [5.41, 5.74) is 0.436. The number of likely N-dealkylation sites (tertiary alicyclic amines) is 1. The number of nitrogens with one attached hydrogen (secondary N) is 1. The molecule has 2 amide bonds. The molecule has 0 bridgehead atoms. The van der Waals surface area contributed by atoms with E-state index in [1.165, 1.54) is 0 Å². The first-order valence-corrected chi connectivity index (χ1v) is 11.0. The number of hydrogen-bond donors (Lipinski definition) is 1. The van der Waals surface area contributed by atoms with Crippen LogP contribution in [-0.4, -0.2) is 52.6 Å². The third-order valence-corrected chi connectivity index (χ3v) is 5.95. The largest absolute Gasteiger partial charge is 0.497 e. The molecule has 4 rings (SSSR count). The molecule has 1 saturated heterocycles. The molecule has 8 nitrogen and oxygen atoms in total. The van der Waals surface area contributed by atoms with E-state index in [0.717, 1.165) is 38.1 Å². The van der Waals surface area contributed by atoms with Gasteiger partial charge in [-0.25, -0.2) is 4.98 Å². The predicted octanol–water partition coefficient (Wildman–Crippen LogP) is 2.62. The monoisotopic (exact) mass is 426 g/mol. The molecule has 1 aromatic carbocycles. The number of amides is 2. The summed E-state index contributed by atoms with van der Waals surface area (Å²) in [5.74, 6) is 2.22. The minimum atomic E-state index is -0.235. The number of hydrogen-bond acceptors (Lipinski definition) is 5. The number of carbonyl (C=O) groups excluding carboxylic acids is 2. The maximum atomic E-state index is 13.0. The fourth-order valence-electron chi connectivity index (χ4n) is 3.93. The zero-order valence-electron chi connectivity index (χ0n) is 18.2. The Balaban J connectivity index is 1.40. The van der Waals surface area contributed by atoms with Gasteiger partial charge in [0, 0.05) is 50.8 Å². The molecular weight excluding hydrogens is 396 g/mol. The summed E-state index contributed by atoms with van der Waals surface area (Å²) < 4.78 is 13.5. The fraction of sp³-hybridized carbons (Fsp3) is 0.522. The molecule has 2 aliphatic rings. The van der Waals surface area contributed by atoms with Crippen LogP contribution in [0.4, 0.5) is 0 Å². The molecule has 2 fully saturated rings. The number of ether oxygens (including phenoxy) is 2. The number of nitrogens with zero attached hydrogens (tertiary/aromatic N) is 3. The lowest BCUT2D eigenvalue weighted by atomic mass is 10.1. The van der Waals surface area contributed by atoms with Gasteiger partial charge in [-0.05, 0) is 38.0 Å². The Morgan fingerprint density at radius 1 is 1.19 bits per heavy atom. The van der Waals surface area contributed by atoms with Gasteiger partial charge < -0.3 is 24.3 Å². The summed E-state index contributed by atoms with van der Waals surface area (Å²) >= 11 is 0. The predicted molar refractivity (Wildman–Crippen MR) is 115 cm³/mol. The van der Waals surface area contributed by atoms with Crippen molar-refractivity contribution < 1.29 is 19.1 Å². The maximum absolute atomic E-state index is 13.0. The van der Waals surface area contributed by atoms with E-state index < -0.39 is 0 Å². The second-order valence-electron chi connectivity index (χ2n) is 8.09. The zero-order valence-corrected chi connectivity index (χ0v) is 18.2. The van der Waals surface area contributed by atoms with Crippen molar-refractivity contribution in [2.75, 3.05) is 20.2 Å². The minimum Gasteiger partial charge on any atom is -0.497 e. The number of rotatable bonds is 8. The average molecular weight is 427 g/mol. The van der Waals surface area contributed by atoms with Crippen LogP contribution in [0.3, 0.4) is 0 Å². The Morgan fingerprint density at radius 2 is 1.97 bits per heavy atom. The van der Waals surface area contributed by atoms with Crippen LogP contribution in [0, 0.1) is 5.92 Å². The highest BCUT2D eigenvalue weighted by molar-refractivity contribution is 5.97. The van der Waals surface area contributed by atoms with Crippen LogP contribution in [0.25, 0.3) is 0 Å². The maximum Gasteiger partial charge on any atom is 0.255 e. The molecule has 2 heterocycles. The number of aromatic nitrogens is 2. The second-order valence-corrected chi connectivity index (χ2v) is 8.09. The number of imidazole rings is 1. The van der Waals surface area contributed by atoms with Crippen LogP contribution in [0.5, 0.6) is 11.5 Å². The van der Waals surface area contributed by atoms with Gasteiger partial charge in [-0.3, -0.25) is 9.59 Å². The summed E-state index contributed by atoms with van der Waals surface area (Å²) in [5, 5.41) is 2.94. The molecule has 1 N–H and O–H groups in total. The molecule has 0 radical (unpaired) electrons. The Kier molecular flexibility index (Phi) is 6.44. The van der Waals surface area contributed by atoms with Crippen molar-refractivity contribution in [3.63, 3.8) is 0 Å². The Hall–Kier alpha value is -3.03. The van der Waals surface area contributed by atoms with E-state index in [1.54, 1.807) is 31.5 Å². The van der Waals surface area contributed by atoms with Gasteiger partial charge in [-0.15, -0.1) is 0 Å². The third-order valence-electron chi connectivity index (χ3n) is 5.95. The average Bonchev–Trinajstić information content (AvgIpc) is 3.55. The lowest BCUT2D eigenvalue weighted by Gasteiger charge is -2.32. The Morgan fingerprint density at radius 3 is 2.65 bits per heavy atom. The molecule has 1 aromatic heterocycles. The first-order chi connectivity index (χ1) is 15.1. The molecule has 2 aromatic rings. The van der Waals surface area contributed by atoms with Crippen molar-refractivity contribution in [3.8, 4) is 11.5 Å². The topological polar surface area (TPSA) is 85.7 Å². The normalized spacial score (nSPS) is 16.8. The first-order valence-electron chi connectivity index (χ1n) is 11.0. The highest BCUT2D eigenvalue weighted by Gasteiger charge is 2.35. The van der Waals surface area contributed by atoms with Gasteiger partial charge in [0.2, 0.25) is 5.91 Å². The second kappa shape index (κ2) is 9.41. The summed E-state index contributed by atoms with van der Waals surface area (Å²) in [6.45, 7) is 4.57. The van der Waals surface area contributed by atoms with E-state index in [2.05, 4.69) is 10.3 Å². The standard InChI is InChI=1S/C23H30N4O4/c1-3-26-13-10-24-21(26)15-25-22(28)19-14-18(30-2)6-7-20(19)31-17-8-11-27(12-9-17)23(29)16-4-5-16/h6-7,10,13-14,16-17H,3-5,8-9,11-12,15H2,1-2H3,(H,25,28). The smallest absolute Gasteiger partial charge is 0.255 e.